The highest BCUT2D eigenvalue weighted by molar-refractivity contribution is 6.00. The molecule has 1 aromatic carbocycles. The lowest BCUT2D eigenvalue weighted by atomic mass is 10.1. The smallest absolute Gasteiger partial charge is 0.243 e. The molecule has 2 amide bonds. The number of hydrogen-bond acceptors (Lipinski definition) is 4. The van der Waals surface area contributed by atoms with Crippen LogP contribution < -0.4 is 15.4 Å². The molecular formula is C16H22N2O3. The number of ether oxygens (including phenoxy) is 1. The zero-order chi connectivity index (χ0) is 15.1. The molecule has 2 rings (SSSR count). The molecule has 0 aromatic heterocycles. The van der Waals surface area contributed by atoms with Crippen LogP contribution in [0.3, 0.4) is 0 Å². The van der Waals surface area contributed by atoms with Crippen molar-refractivity contribution < 1.29 is 14.3 Å². The first-order valence-corrected chi connectivity index (χ1v) is 7.48. The standard InChI is InChI=1S/C16H22N2O3/c1-2-3-10-21-13-6-4-12(5-7-13)11-17-14-8-9-15(19)18-16(14)20/h4-7,14,17H,2-3,8-11H2,1H3,(H,18,19,20). The highest BCUT2D eigenvalue weighted by Gasteiger charge is 2.25. The van der Waals surface area contributed by atoms with Gasteiger partial charge in [-0.15, -0.1) is 0 Å². The van der Waals surface area contributed by atoms with E-state index in [-0.39, 0.29) is 17.9 Å². The summed E-state index contributed by atoms with van der Waals surface area (Å²) in [5.74, 6) is 0.450. The van der Waals surface area contributed by atoms with E-state index in [9.17, 15) is 9.59 Å². The van der Waals surface area contributed by atoms with Crippen LogP contribution in [0.25, 0.3) is 0 Å². The van der Waals surface area contributed by atoms with Crippen LogP contribution in [0.1, 0.15) is 38.2 Å². The number of nitrogens with one attached hydrogen (secondary N) is 2. The van der Waals surface area contributed by atoms with Crippen LogP contribution in [0.15, 0.2) is 24.3 Å². The Morgan fingerprint density at radius 1 is 1.29 bits per heavy atom. The molecule has 1 aliphatic rings. The first-order chi connectivity index (χ1) is 10.2. The fourth-order valence-corrected chi connectivity index (χ4v) is 2.17. The van der Waals surface area contributed by atoms with E-state index in [1.165, 1.54) is 0 Å². The highest BCUT2D eigenvalue weighted by Crippen LogP contribution is 2.13. The number of piperidine rings is 1. The molecule has 1 unspecified atom stereocenters. The van der Waals surface area contributed by atoms with E-state index in [0.29, 0.717) is 19.4 Å². The Bertz CT molecular complexity index is 485. The second-order valence-electron chi connectivity index (χ2n) is 5.23. The second kappa shape index (κ2) is 7.78. The minimum atomic E-state index is -0.289. The second-order valence-corrected chi connectivity index (χ2v) is 5.23. The normalized spacial score (nSPS) is 18.4. The lowest BCUT2D eigenvalue weighted by molar-refractivity contribution is -0.134. The van der Waals surface area contributed by atoms with Crippen LogP contribution >= 0.6 is 0 Å². The zero-order valence-electron chi connectivity index (χ0n) is 12.4. The van der Waals surface area contributed by atoms with Crippen LogP contribution in [0, 0.1) is 0 Å². The van der Waals surface area contributed by atoms with E-state index < -0.39 is 0 Å². The van der Waals surface area contributed by atoms with Gasteiger partial charge in [0.2, 0.25) is 11.8 Å². The van der Waals surface area contributed by atoms with Crippen LogP contribution in [-0.4, -0.2) is 24.5 Å². The van der Waals surface area contributed by atoms with E-state index >= 15 is 0 Å². The monoisotopic (exact) mass is 290 g/mol. The molecule has 0 spiro atoms. The minimum absolute atomic E-state index is 0.188. The van der Waals surface area contributed by atoms with E-state index in [4.69, 9.17) is 4.74 Å². The Hall–Kier alpha value is -1.88. The number of carbonyl (C=O) groups is 2. The van der Waals surface area contributed by atoms with Gasteiger partial charge < -0.3 is 10.1 Å². The Morgan fingerprint density at radius 2 is 2.05 bits per heavy atom. The Morgan fingerprint density at radius 3 is 2.71 bits per heavy atom. The van der Waals surface area contributed by atoms with Gasteiger partial charge in [-0.05, 0) is 30.5 Å². The average molecular weight is 290 g/mol. The summed E-state index contributed by atoms with van der Waals surface area (Å²) in [6.45, 7) is 3.47. The molecule has 5 nitrogen and oxygen atoms in total. The summed E-state index contributed by atoms with van der Waals surface area (Å²) in [7, 11) is 0. The van der Waals surface area contributed by atoms with Crippen LogP contribution in [0.2, 0.25) is 0 Å². The van der Waals surface area contributed by atoms with Gasteiger partial charge >= 0.3 is 0 Å². The largest absolute Gasteiger partial charge is 0.494 e. The summed E-state index contributed by atoms with van der Waals surface area (Å²) in [4.78, 5) is 22.7. The molecule has 1 atom stereocenters. The molecule has 1 saturated heterocycles. The maximum atomic E-state index is 11.6. The van der Waals surface area contributed by atoms with Gasteiger partial charge in [-0.1, -0.05) is 25.5 Å². The van der Waals surface area contributed by atoms with Crippen molar-refractivity contribution in [2.24, 2.45) is 0 Å². The fourth-order valence-electron chi connectivity index (χ4n) is 2.17. The lowest BCUT2D eigenvalue weighted by Gasteiger charge is -2.21. The average Bonchev–Trinajstić information content (AvgIpc) is 2.48. The maximum absolute atomic E-state index is 11.6. The SMILES string of the molecule is CCCCOc1ccc(CNC2CCC(=O)NC2=O)cc1. The van der Waals surface area contributed by atoms with E-state index in [2.05, 4.69) is 17.6 Å². The molecule has 0 saturated carbocycles. The van der Waals surface area contributed by atoms with Gasteiger partial charge in [0.15, 0.2) is 0 Å². The van der Waals surface area contributed by atoms with E-state index in [1.807, 2.05) is 24.3 Å². The third-order valence-corrected chi connectivity index (χ3v) is 3.48. The fraction of sp³-hybridized carbons (Fsp3) is 0.500. The molecule has 1 fully saturated rings. The highest BCUT2D eigenvalue weighted by atomic mass is 16.5. The Kier molecular flexibility index (Phi) is 5.75. The number of hydrogen-bond donors (Lipinski definition) is 2. The Labute approximate surface area is 125 Å². The number of carbonyl (C=O) groups excluding carboxylic acids is 2. The van der Waals surface area contributed by atoms with Crippen molar-refractivity contribution in [3.63, 3.8) is 0 Å². The van der Waals surface area contributed by atoms with E-state index in [1.54, 1.807) is 0 Å². The summed E-state index contributed by atoms with van der Waals surface area (Å²) in [6, 6.07) is 7.57. The van der Waals surface area contributed by atoms with Gasteiger partial charge in [-0.2, -0.15) is 0 Å². The number of rotatable bonds is 7. The first-order valence-electron chi connectivity index (χ1n) is 7.48. The van der Waals surface area contributed by atoms with Gasteiger partial charge in [0.25, 0.3) is 0 Å². The molecule has 1 aromatic rings. The van der Waals surface area contributed by atoms with E-state index in [0.717, 1.165) is 30.8 Å². The third-order valence-electron chi connectivity index (χ3n) is 3.48. The number of amides is 2. The van der Waals surface area contributed by atoms with Crippen molar-refractivity contribution in [2.75, 3.05) is 6.61 Å². The van der Waals surface area contributed by atoms with Crippen molar-refractivity contribution in [2.45, 2.75) is 45.2 Å². The molecule has 1 heterocycles. The van der Waals surface area contributed by atoms with Gasteiger partial charge in [0, 0.05) is 13.0 Å². The maximum Gasteiger partial charge on any atom is 0.243 e. The zero-order valence-corrected chi connectivity index (χ0v) is 12.4. The molecule has 0 bridgehead atoms. The van der Waals surface area contributed by atoms with Gasteiger partial charge in [0.1, 0.15) is 5.75 Å². The molecule has 114 valence electrons. The molecular weight excluding hydrogens is 268 g/mol. The van der Waals surface area contributed by atoms with Crippen LogP contribution in [0.5, 0.6) is 5.75 Å². The summed E-state index contributed by atoms with van der Waals surface area (Å²) in [6.07, 6.45) is 3.13. The topological polar surface area (TPSA) is 67.4 Å². The van der Waals surface area contributed by atoms with Gasteiger partial charge in [0.05, 0.1) is 12.6 Å². The van der Waals surface area contributed by atoms with Crippen molar-refractivity contribution in [3.05, 3.63) is 29.8 Å². The van der Waals surface area contributed by atoms with Crippen LogP contribution in [-0.2, 0) is 16.1 Å². The predicted molar refractivity (Wildman–Crippen MR) is 79.9 cm³/mol. The summed E-state index contributed by atoms with van der Waals surface area (Å²) in [5.41, 5.74) is 1.09. The molecule has 1 aliphatic heterocycles. The molecule has 5 heteroatoms. The quantitative estimate of drug-likeness (QED) is 0.593. The molecule has 2 N–H and O–H groups in total. The number of imide groups is 1. The molecule has 0 aliphatic carbocycles. The van der Waals surface area contributed by atoms with Crippen LogP contribution in [0.4, 0.5) is 0 Å². The van der Waals surface area contributed by atoms with Crippen molar-refractivity contribution in [3.8, 4) is 5.75 Å². The van der Waals surface area contributed by atoms with Gasteiger partial charge in [-0.25, -0.2) is 0 Å². The summed E-state index contributed by atoms with van der Waals surface area (Å²) < 4.78 is 5.60. The molecule has 0 radical (unpaired) electrons. The Balaban J connectivity index is 1.78. The third kappa shape index (κ3) is 4.86. The first kappa shape index (κ1) is 15.5. The lowest BCUT2D eigenvalue weighted by Crippen LogP contribution is -2.50. The predicted octanol–water partition coefficient (Wildman–Crippen LogP) is 1.76. The molecule has 21 heavy (non-hydrogen) atoms. The van der Waals surface area contributed by atoms with Crippen molar-refractivity contribution >= 4 is 11.8 Å². The van der Waals surface area contributed by atoms with Crippen molar-refractivity contribution in [1.29, 1.82) is 0 Å². The summed E-state index contributed by atoms with van der Waals surface area (Å²) >= 11 is 0. The van der Waals surface area contributed by atoms with Crippen molar-refractivity contribution in [1.82, 2.24) is 10.6 Å². The number of benzene rings is 1. The summed E-state index contributed by atoms with van der Waals surface area (Å²) in [5, 5.41) is 5.52. The van der Waals surface area contributed by atoms with Gasteiger partial charge in [-0.3, -0.25) is 14.9 Å². The number of unbranched alkanes of at least 4 members (excludes halogenated alkanes) is 1. The minimum Gasteiger partial charge on any atom is -0.494 e.